The minimum Gasteiger partial charge on any atom is -0.494 e. The fraction of sp³-hybridized carbons (Fsp3) is 0.107. The summed E-state index contributed by atoms with van der Waals surface area (Å²) in [5.41, 5.74) is 7.36. The number of benzene rings is 2. The van der Waals surface area contributed by atoms with Gasteiger partial charge in [0.25, 0.3) is 0 Å². The number of nitrogens with one attached hydrogen (secondary N) is 2. The van der Waals surface area contributed by atoms with Gasteiger partial charge < -0.3 is 14.7 Å². The first-order chi connectivity index (χ1) is 16.6. The maximum absolute atomic E-state index is 13.4. The van der Waals surface area contributed by atoms with Crippen molar-refractivity contribution in [3.05, 3.63) is 136 Å². The maximum Gasteiger partial charge on any atom is 0.146 e. The summed E-state index contributed by atoms with van der Waals surface area (Å²) < 4.78 is 32.3. The SMILES string of the molecule is COC1=CC(c2ccc[nH]2)=N/C1=C\c1[nH]c(Cc2ccc(F)cc2)cc1Cc1ccc(F)cc1. The fourth-order valence-electron chi connectivity index (χ4n) is 4.04. The summed E-state index contributed by atoms with van der Waals surface area (Å²) in [6.45, 7) is 0. The Morgan fingerprint density at radius 3 is 2.21 bits per heavy atom. The molecule has 0 amide bonds. The molecular formula is C28H23F2N3O. The molecule has 170 valence electrons. The molecule has 6 heteroatoms. The predicted molar refractivity (Wildman–Crippen MR) is 130 cm³/mol. The Hall–Kier alpha value is -4.19. The summed E-state index contributed by atoms with van der Waals surface area (Å²) in [7, 11) is 1.63. The van der Waals surface area contributed by atoms with E-state index < -0.39 is 0 Å². The van der Waals surface area contributed by atoms with Crippen LogP contribution in [-0.2, 0) is 17.6 Å². The van der Waals surface area contributed by atoms with Crippen LogP contribution in [0.1, 0.15) is 33.8 Å². The molecule has 2 aromatic carbocycles. The number of nitrogens with zero attached hydrogens (tertiary/aromatic N) is 1. The first-order valence-corrected chi connectivity index (χ1v) is 11.0. The minimum atomic E-state index is -0.260. The van der Waals surface area contributed by atoms with Crippen LogP contribution in [0.2, 0.25) is 0 Å². The summed E-state index contributed by atoms with van der Waals surface area (Å²) in [6.07, 6.45) is 6.98. The third kappa shape index (κ3) is 4.76. The molecule has 1 aliphatic heterocycles. The van der Waals surface area contributed by atoms with E-state index in [-0.39, 0.29) is 11.6 Å². The molecule has 4 nitrogen and oxygen atoms in total. The Morgan fingerprint density at radius 1 is 0.912 bits per heavy atom. The number of ether oxygens (including phenoxy) is 1. The largest absolute Gasteiger partial charge is 0.494 e. The fourth-order valence-corrected chi connectivity index (χ4v) is 4.04. The van der Waals surface area contributed by atoms with Crippen molar-refractivity contribution < 1.29 is 13.5 Å². The van der Waals surface area contributed by atoms with E-state index in [4.69, 9.17) is 9.73 Å². The van der Waals surface area contributed by atoms with Crippen LogP contribution in [0.25, 0.3) is 6.08 Å². The molecule has 0 saturated heterocycles. The minimum absolute atomic E-state index is 0.256. The van der Waals surface area contributed by atoms with E-state index in [9.17, 15) is 8.78 Å². The quantitative estimate of drug-likeness (QED) is 0.344. The van der Waals surface area contributed by atoms with Crippen LogP contribution in [0.15, 0.2) is 95.5 Å². The molecule has 0 radical (unpaired) electrons. The summed E-state index contributed by atoms with van der Waals surface area (Å²) in [4.78, 5) is 11.4. The van der Waals surface area contributed by atoms with Crippen LogP contribution >= 0.6 is 0 Å². The zero-order valence-electron chi connectivity index (χ0n) is 18.6. The molecule has 0 spiro atoms. The van der Waals surface area contributed by atoms with Crippen LogP contribution in [-0.4, -0.2) is 22.8 Å². The summed E-state index contributed by atoms with van der Waals surface area (Å²) in [6, 6.07) is 19.0. The Labute approximate surface area is 196 Å². The number of methoxy groups -OCH3 is 1. The van der Waals surface area contributed by atoms with Crippen molar-refractivity contribution in [2.45, 2.75) is 12.8 Å². The number of hydrogen-bond donors (Lipinski definition) is 2. The number of halogens is 2. The molecular weight excluding hydrogens is 432 g/mol. The van der Waals surface area contributed by atoms with E-state index in [1.165, 1.54) is 24.3 Å². The van der Waals surface area contributed by atoms with Gasteiger partial charge in [-0.1, -0.05) is 24.3 Å². The van der Waals surface area contributed by atoms with Gasteiger partial charge in [-0.15, -0.1) is 0 Å². The number of hydrogen-bond acceptors (Lipinski definition) is 2. The molecule has 34 heavy (non-hydrogen) atoms. The molecule has 0 aliphatic carbocycles. The van der Waals surface area contributed by atoms with Crippen molar-refractivity contribution in [3.63, 3.8) is 0 Å². The zero-order chi connectivity index (χ0) is 23.5. The normalized spacial score (nSPS) is 14.4. The predicted octanol–water partition coefficient (Wildman–Crippen LogP) is 6.18. The summed E-state index contributed by atoms with van der Waals surface area (Å²) in [5, 5.41) is 0. The first kappa shape index (κ1) is 21.6. The van der Waals surface area contributed by atoms with Crippen molar-refractivity contribution in [3.8, 4) is 0 Å². The van der Waals surface area contributed by atoms with E-state index in [0.29, 0.717) is 24.3 Å². The molecule has 4 aromatic rings. The van der Waals surface area contributed by atoms with Gasteiger partial charge in [0.2, 0.25) is 0 Å². The molecule has 3 heterocycles. The van der Waals surface area contributed by atoms with E-state index in [1.807, 2.05) is 30.5 Å². The van der Waals surface area contributed by atoms with Crippen molar-refractivity contribution in [1.29, 1.82) is 0 Å². The van der Waals surface area contributed by atoms with Gasteiger partial charge in [-0.25, -0.2) is 13.8 Å². The van der Waals surface area contributed by atoms with Crippen LogP contribution in [0, 0.1) is 11.6 Å². The smallest absolute Gasteiger partial charge is 0.146 e. The van der Waals surface area contributed by atoms with Crippen LogP contribution in [0.4, 0.5) is 8.78 Å². The molecule has 0 atom stereocenters. The number of aromatic amines is 2. The number of rotatable bonds is 7. The van der Waals surface area contributed by atoms with Gasteiger partial charge in [0, 0.05) is 30.1 Å². The number of allylic oxidation sites excluding steroid dienone is 1. The Morgan fingerprint density at radius 2 is 1.59 bits per heavy atom. The third-order valence-corrected chi connectivity index (χ3v) is 5.74. The monoisotopic (exact) mass is 455 g/mol. The van der Waals surface area contributed by atoms with Gasteiger partial charge in [-0.05, 0) is 71.7 Å². The highest BCUT2D eigenvalue weighted by molar-refractivity contribution is 6.11. The molecule has 2 N–H and O–H groups in total. The lowest BCUT2D eigenvalue weighted by atomic mass is 10.0. The standard InChI is InChI=1S/C28H23F2N3O/c1-34-28-17-26(24-3-2-12-31-24)33-27(28)16-25-20(13-18-4-8-21(29)9-5-18)15-23(32-25)14-19-6-10-22(30)11-7-19/h2-12,15-17,31-32H,13-14H2,1H3/b27-16-. The van der Waals surface area contributed by atoms with Crippen LogP contribution in [0.5, 0.6) is 0 Å². The van der Waals surface area contributed by atoms with E-state index in [1.54, 1.807) is 31.4 Å². The van der Waals surface area contributed by atoms with Gasteiger partial charge in [0.05, 0.1) is 18.5 Å². The molecule has 2 aromatic heterocycles. The first-order valence-electron chi connectivity index (χ1n) is 11.0. The van der Waals surface area contributed by atoms with Gasteiger partial charge in [0.1, 0.15) is 23.1 Å². The lowest BCUT2D eigenvalue weighted by Gasteiger charge is -2.04. The number of H-pyrrole nitrogens is 2. The second-order valence-corrected chi connectivity index (χ2v) is 8.16. The van der Waals surface area contributed by atoms with Crippen LogP contribution < -0.4 is 0 Å². The topological polar surface area (TPSA) is 53.2 Å². The van der Waals surface area contributed by atoms with E-state index in [2.05, 4.69) is 16.0 Å². The average molecular weight is 456 g/mol. The van der Waals surface area contributed by atoms with Gasteiger partial charge in [0.15, 0.2) is 0 Å². The van der Waals surface area contributed by atoms with Gasteiger partial charge in [-0.3, -0.25) is 0 Å². The molecule has 1 aliphatic rings. The highest BCUT2D eigenvalue weighted by Crippen LogP contribution is 2.27. The number of aromatic nitrogens is 2. The van der Waals surface area contributed by atoms with Gasteiger partial charge >= 0.3 is 0 Å². The third-order valence-electron chi connectivity index (χ3n) is 5.74. The summed E-state index contributed by atoms with van der Waals surface area (Å²) in [5.74, 6) is 0.157. The molecule has 5 rings (SSSR count). The van der Waals surface area contributed by atoms with Crippen molar-refractivity contribution in [2.75, 3.05) is 7.11 Å². The number of aliphatic imine (C=N–C) groups is 1. The summed E-state index contributed by atoms with van der Waals surface area (Å²) >= 11 is 0. The van der Waals surface area contributed by atoms with Crippen molar-refractivity contribution >= 4 is 11.8 Å². The molecule has 0 bridgehead atoms. The van der Waals surface area contributed by atoms with Crippen molar-refractivity contribution in [1.82, 2.24) is 9.97 Å². The van der Waals surface area contributed by atoms with Gasteiger partial charge in [-0.2, -0.15) is 0 Å². The Balaban J connectivity index is 1.51. The highest BCUT2D eigenvalue weighted by atomic mass is 19.1. The van der Waals surface area contributed by atoms with Crippen LogP contribution in [0.3, 0.4) is 0 Å². The van der Waals surface area contributed by atoms with Crippen molar-refractivity contribution in [2.24, 2.45) is 4.99 Å². The highest BCUT2D eigenvalue weighted by Gasteiger charge is 2.18. The lowest BCUT2D eigenvalue weighted by molar-refractivity contribution is 0.303. The van der Waals surface area contributed by atoms with E-state index >= 15 is 0 Å². The molecule has 0 fully saturated rings. The lowest BCUT2D eigenvalue weighted by Crippen LogP contribution is -1.93. The zero-order valence-corrected chi connectivity index (χ0v) is 18.6. The Bertz CT molecular complexity index is 1380. The second kappa shape index (κ2) is 9.35. The van der Waals surface area contributed by atoms with E-state index in [0.717, 1.165) is 39.5 Å². The molecule has 0 saturated carbocycles. The maximum atomic E-state index is 13.4. The Kier molecular flexibility index (Phi) is 5.95. The average Bonchev–Trinajstić information content (AvgIpc) is 3.58. The molecule has 0 unspecified atom stereocenters. The second-order valence-electron chi connectivity index (χ2n) is 8.16.